The molecule has 0 aromatic carbocycles. The maximum Gasteiger partial charge on any atom is 0.0110 e. The van der Waals surface area contributed by atoms with Gasteiger partial charge >= 0.3 is 0 Å². The maximum absolute atomic E-state index is 3.74. The van der Waals surface area contributed by atoms with Crippen molar-refractivity contribution in [1.82, 2.24) is 10.2 Å². The van der Waals surface area contributed by atoms with Gasteiger partial charge in [-0.1, -0.05) is 40.5 Å². The molecule has 2 heteroatoms. The molecule has 126 valence electrons. The summed E-state index contributed by atoms with van der Waals surface area (Å²) in [4.78, 5) is 2.77. The molecule has 21 heavy (non-hydrogen) atoms. The highest BCUT2D eigenvalue weighted by atomic mass is 15.2. The highest BCUT2D eigenvalue weighted by Gasteiger charge is 2.22. The van der Waals surface area contributed by atoms with Crippen LogP contribution in [0, 0.1) is 11.8 Å². The average Bonchev–Trinajstić information content (AvgIpc) is 2.93. The van der Waals surface area contributed by atoms with Crippen molar-refractivity contribution in [2.24, 2.45) is 11.8 Å². The Morgan fingerprint density at radius 1 is 0.857 bits per heavy atom. The Balaban J connectivity index is 2.24. The molecule has 0 radical (unpaired) electrons. The third kappa shape index (κ3) is 8.83. The lowest BCUT2D eigenvalue weighted by molar-refractivity contribution is 0.186. The van der Waals surface area contributed by atoms with Crippen LogP contribution in [0.5, 0.6) is 0 Å². The standard InChI is InChI=1S/C19H40N2/c1-16(2)10-11-18(5)20-13-15-21(14-12-17(3)4)19-8-6-7-9-19/h16-20H,6-15H2,1-5H3. The Labute approximate surface area is 134 Å². The smallest absolute Gasteiger partial charge is 0.0110 e. The lowest BCUT2D eigenvalue weighted by Crippen LogP contribution is -2.41. The second-order valence-electron chi connectivity index (χ2n) is 7.98. The molecule has 1 aliphatic rings. The molecule has 1 rings (SSSR count). The van der Waals surface area contributed by atoms with Gasteiger partial charge in [0.25, 0.3) is 0 Å². The zero-order valence-electron chi connectivity index (χ0n) is 15.3. The van der Waals surface area contributed by atoms with Gasteiger partial charge in [0, 0.05) is 25.2 Å². The van der Waals surface area contributed by atoms with Crippen LogP contribution >= 0.6 is 0 Å². The van der Waals surface area contributed by atoms with Crippen molar-refractivity contribution in [3.63, 3.8) is 0 Å². The fraction of sp³-hybridized carbons (Fsp3) is 1.00. The Bertz CT molecular complexity index is 244. The van der Waals surface area contributed by atoms with E-state index in [1.165, 1.54) is 58.0 Å². The molecule has 1 aliphatic carbocycles. The van der Waals surface area contributed by atoms with Crippen LogP contribution in [0.15, 0.2) is 0 Å². The lowest BCUT2D eigenvalue weighted by Gasteiger charge is -2.30. The van der Waals surface area contributed by atoms with E-state index in [4.69, 9.17) is 0 Å². The second-order valence-corrected chi connectivity index (χ2v) is 7.98. The van der Waals surface area contributed by atoms with Gasteiger partial charge in [-0.15, -0.1) is 0 Å². The molecule has 1 fully saturated rings. The first-order valence-electron chi connectivity index (χ1n) is 9.46. The molecule has 0 amide bonds. The van der Waals surface area contributed by atoms with Gasteiger partial charge in [0.05, 0.1) is 0 Å². The third-order valence-corrected chi connectivity index (χ3v) is 4.90. The topological polar surface area (TPSA) is 15.3 Å². The first kappa shape index (κ1) is 19.0. The van der Waals surface area contributed by atoms with Gasteiger partial charge in [0.15, 0.2) is 0 Å². The van der Waals surface area contributed by atoms with Gasteiger partial charge in [-0.25, -0.2) is 0 Å². The van der Waals surface area contributed by atoms with E-state index < -0.39 is 0 Å². The van der Waals surface area contributed by atoms with E-state index in [-0.39, 0.29) is 0 Å². The number of nitrogens with one attached hydrogen (secondary N) is 1. The molecular weight excluding hydrogens is 256 g/mol. The van der Waals surface area contributed by atoms with Crippen LogP contribution in [-0.4, -0.2) is 36.6 Å². The molecule has 1 N–H and O–H groups in total. The summed E-state index contributed by atoms with van der Waals surface area (Å²) in [7, 11) is 0. The van der Waals surface area contributed by atoms with Crippen molar-refractivity contribution >= 4 is 0 Å². The van der Waals surface area contributed by atoms with Crippen LogP contribution < -0.4 is 5.32 Å². The van der Waals surface area contributed by atoms with Gasteiger partial charge in [-0.05, 0) is 57.4 Å². The first-order chi connectivity index (χ1) is 9.99. The van der Waals surface area contributed by atoms with E-state index in [9.17, 15) is 0 Å². The fourth-order valence-corrected chi connectivity index (χ4v) is 3.31. The van der Waals surface area contributed by atoms with Crippen molar-refractivity contribution in [2.75, 3.05) is 19.6 Å². The van der Waals surface area contributed by atoms with E-state index in [2.05, 4.69) is 44.8 Å². The zero-order valence-corrected chi connectivity index (χ0v) is 15.3. The van der Waals surface area contributed by atoms with Crippen molar-refractivity contribution in [2.45, 2.75) is 91.6 Å². The largest absolute Gasteiger partial charge is 0.313 e. The number of nitrogens with zero attached hydrogens (tertiary/aromatic N) is 1. The van der Waals surface area contributed by atoms with Gasteiger partial charge in [-0.3, -0.25) is 4.90 Å². The highest BCUT2D eigenvalue weighted by Crippen LogP contribution is 2.23. The summed E-state index contributed by atoms with van der Waals surface area (Å²) in [6.45, 7) is 15.4. The van der Waals surface area contributed by atoms with Crippen LogP contribution in [-0.2, 0) is 0 Å². The molecule has 1 saturated carbocycles. The average molecular weight is 297 g/mol. The maximum atomic E-state index is 3.74. The fourth-order valence-electron chi connectivity index (χ4n) is 3.31. The summed E-state index contributed by atoms with van der Waals surface area (Å²) >= 11 is 0. The minimum Gasteiger partial charge on any atom is -0.313 e. The van der Waals surface area contributed by atoms with Crippen LogP contribution in [0.25, 0.3) is 0 Å². The Morgan fingerprint density at radius 2 is 1.48 bits per heavy atom. The molecule has 2 nitrogen and oxygen atoms in total. The minimum atomic E-state index is 0.669. The van der Waals surface area contributed by atoms with Crippen LogP contribution in [0.1, 0.15) is 79.6 Å². The molecular formula is C19H40N2. The molecule has 0 saturated heterocycles. The van der Waals surface area contributed by atoms with Crippen molar-refractivity contribution in [3.05, 3.63) is 0 Å². The number of rotatable bonds is 11. The SMILES string of the molecule is CC(C)CCC(C)NCCN(CCC(C)C)C1CCCC1. The zero-order chi connectivity index (χ0) is 15.7. The van der Waals surface area contributed by atoms with Crippen molar-refractivity contribution < 1.29 is 0 Å². The molecule has 1 atom stereocenters. The van der Waals surface area contributed by atoms with Crippen LogP contribution in [0.2, 0.25) is 0 Å². The Kier molecular flexibility index (Phi) is 9.59. The van der Waals surface area contributed by atoms with Gasteiger partial charge in [0.2, 0.25) is 0 Å². The van der Waals surface area contributed by atoms with E-state index in [0.29, 0.717) is 6.04 Å². The van der Waals surface area contributed by atoms with E-state index in [0.717, 1.165) is 24.4 Å². The van der Waals surface area contributed by atoms with Gasteiger partial charge in [0.1, 0.15) is 0 Å². The molecule has 0 spiro atoms. The molecule has 0 aromatic heterocycles. The Hall–Kier alpha value is -0.0800. The first-order valence-corrected chi connectivity index (χ1v) is 9.46. The van der Waals surface area contributed by atoms with Gasteiger partial charge in [-0.2, -0.15) is 0 Å². The summed E-state index contributed by atoms with van der Waals surface area (Å²) < 4.78 is 0. The molecule has 1 unspecified atom stereocenters. The number of hydrogen-bond acceptors (Lipinski definition) is 2. The summed E-state index contributed by atoms with van der Waals surface area (Å²) in [6.07, 6.45) is 9.75. The van der Waals surface area contributed by atoms with E-state index >= 15 is 0 Å². The summed E-state index contributed by atoms with van der Waals surface area (Å²) in [5.74, 6) is 1.65. The minimum absolute atomic E-state index is 0.669. The molecule has 0 heterocycles. The second kappa shape index (κ2) is 10.6. The monoisotopic (exact) mass is 296 g/mol. The van der Waals surface area contributed by atoms with Crippen molar-refractivity contribution in [3.8, 4) is 0 Å². The predicted octanol–water partition coefficient (Wildman–Crippen LogP) is 4.69. The van der Waals surface area contributed by atoms with E-state index in [1.807, 2.05) is 0 Å². The quantitative estimate of drug-likeness (QED) is 0.595. The normalized spacial score (nSPS) is 18.3. The lowest BCUT2D eigenvalue weighted by atomic mass is 10.0. The highest BCUT2D eigenvalue weighted by molar-refractivity contribution is 4.78. The van der Waals surface area contributed by atoms with Crippen LogP contribution in [0.4, 0.5) is 0 Å². The summed E-state index contributed by atoms with van der Waals surface area (Å²) in [6, 6.07) is 1.54. The van der Waals surface area contributed by atoms with E-state index in [1.54, 1.807) is 0 Å². The molecule has 0 bridgehead atoms. The summed E-state index contributed by atoms with van der Waals surface area (Å²) in [5, 5.41) is 3.74. The third-order valence-electron chi connectivity index (χ3n) is 4.90. The van der Waals surface area contributed by atoms with Crippen LogP contribution in [0.3, 0.4) is 0 Å². The van der Waals surface area contributed by atoms with Crippen molar-refractivity contribution in [1.29, 1.82) is 0 Å². The van der Waals surface area contributed by atoms with Gasteiger partial charge < -0.3 is 5.32 Å². The Morgan fingerprint density at radius 3 is 2.05 bits per heavy atom. The molecule has 0 aromatic rings. The number of hydrogen-bond donors (Lipinski definition) is 1. The molecule has 0 aliphatic heterocycles. The summed E-state index contributed by atoms with van der Waals surface area (Å²) in [5.41, 5.74) is 0. The predicted molar refractivity (Wildman–Crippen MR) is 94.8 cm³/mol.